The molecule has 1 N–H and O–H groups in total. The molecule has 4 nitrogen and oxygen atoms in total. The highest BCUT2D eigenvalue weighted by atomic mass is 32.2. The molecule has 1 aliphatic rings. The third-order valence-electron chi connectivity index (χ3n) is 3.96. The number of hydrogen-bond acceptors (Lipinski definition) is 5. The lowest BCUT2D eigenvalue weighted by atomic mass is 10.1. The van der Waals surface area contributed by atoms with Gasteiger partial charge >= 0.3 is 0 Å². The maximum atomic E-state index is 13.0. The van der Waals surface area contributed by atoms with Crippen molar-refractivity contribution in [3.63, 3.8) is 0 Å². The smallest absolute Gasteiger partial charge is 0.272 e. The standard InChI is InChI=1S/C18H17NO3S2/c1-11-5-3-6-13(12(11)2)19-17(21)15(14-7-4-9-23-14)16(18(19)22)24-10-8-20/h3-7,9,20H,8,10H2,1-2H3. The van der Waals surface area contributed by atoms with E-state index in [1.165, 1.54) is 28.0 Å². The second-order valence-electron chi connectivity index (χ2n) is 5.42. The zero-order chi connectivity index (χ0) is 17.3. The van der Waals surface area contributed by atoms with Crippen LogP contribution < -0.4 is 4.90 Å². The topological polar surface area (TPSA) is 57.6 Å². The van der Waals surface area contributed by atoms with E-state index in [-0.39, 0.29) is 18.4 Å². The summed E-state index contributed by atoms with van der Waals surface area (Å²) in [4.78, 5) is 28.4. The summed E-state index contributed by atoms with van der Waals surface area (Å²) < 4.78 is 0. The van der Waals surface area contributed by atoms with Gasteiger partial charge in [-0.1, -0.05) is 18.2 Å². The summed E-state index contributed by atoms with van der Waals surface area (Å²) in [6, 6.07) is 9.31. The molecule has 0 saturated carbocycles. The molecule has 0 unspecified atom stereocenters. The van der Waals surface area contributed by atoms with Crippen molar-refractivity contribution in [3.05, 3.63) is 56.6 Å². The Balaban J connectivity index is 2.09. The second-order valence-corrected chi connectivity index (χ2v) is 7.47. The quantitative estimate of drug-likeness (QED) is 0.832. The van der Waals surface area contributed by atoms with Crippen molar-refractivity contribution in [2.75, 3.05) is 17.3 Å². The summed E-state index contributed by atoms with van der Waals surface area (Å²) in [5.74, 6) is -0.226. The van der Waals surface area contributed by atoms with Gasteiger partial charge in [-0.25, -0.2) is 4.90 Å². The van der Waals surface area contributed by atoms with Gasteiger partial charge < -0.3 is 5.11 Å². The number of anilines is 1. The lowest BCUT2D eigenvalue weighted by molar-refractivity contribution is -0.119. The van der Waals surface area contributed by atoms with E-state index < -0.39 is 0 Å². The monoisotopic (exact) mass is 359 g/mol. The zero-order valence-corrected chi connectivity index (χ0v) is 15.0. The van der Waals surface area contributed by atoms with E-state index in [0.29, 0.717) is 21.9 Å². The third kappa shape index (κ3) is 2.81. The first kappa shape index (κ1) is 17.0. The predicted octanol–water partition coefficient (Wildman–Crippen LogP) is 3.37. The average Bonchev–Trinajstić information content (AvgIpc) is 3.16. The van der Waals surface area contributed by atoms with Crippen LogP contribution in [0.1, 0.15) is 16.0 Å². The van der Waals surface area contributed by atoms with Crippen LogP contribution in [-0.4, -0.2) is 29.3 Å². The Morgan fingerprint density at radius 2 is 1.92 bits per heavy atom. The summed E-state index contributed by atoms with van der Waals surface area (Å²) in [5, 5.41) is 11.0. The van der Waals surface area contributed by atoms with Crippen LogP contribution in [0.15, 0.2) is 40.6 Å². The van der Waals surface area contributed by atoms with Crippen LogP contribution in [0.25, 0.3) is 5.57 Å². The number of nitrogens with zero attached hydrogens (tertiary/aromatic N) is 1. The second kappa shape index (κ2) is 6.93. The van der Waals surface area contributed by atoms with Gasteiger partial charge in [0, 0.05) is 10.6 Å². The van der Waals surface area contributed by atoms with Crippen molar-refractivity contribution in [2.45, 2.75) is 13.8 Å². The average molecular weight is 359 g/mol. The molecule has 2 heterocycles. The number of imide groups is 1. The van der Waals surface area contributed by atoms with Gasteiger partial charge in [-0.05, 0) is 42.5 Å². The van der Waals surface area contributed by atoms with Crippen molar-refractivity contribution >= 4 is 46.2 Å². The molecule has 2 amide bonds. The number of aryl methyl sites for hydroxylation is 1. The lowest BCUT2D eigenvalue weighted by Gasteiger charge is -2.18. The van der Waals surface area contributed by atoms with Gasteiger partial charge in [0.1, 0.15) is 0 Å². The highest BCUT2D eigenvalue weighted by Crippen LogP contribution is 2.40. The molecule has 1 aromatic heterocycles. The number of amides is 2. The van der Waals surface area contributed by atoms with Gasteiger partial charge in [0.15, 0.2) is 0 Å². The Hall–Kier alpha value is -1.89. The van der Waals surface area contributed by atoms with Crippen LogP contribution in [0, 0.1) is 13.8 Å². The van der Waals surface area contributed by atoms with Crippen LogP contribution in [-0.2, 0) is 9.59 Å². The third-order valence-corrected chi connectivity index (χ3v) is 5.91. The Labute approximate surface area is 148 Å². The number of carbonyl (C=O) groups excluding carboxylic acids is 2. The first-order valence-electron chi connectivity index (χ1n) is 7.53. The molecule has 24 heavy (non-hydrogen) atoms. The molecule has 124 valence electrons. The van der Waals surface area contributed by atoms with Gasteiger partial charge in [0.2, 0.25) is 0 Å². The SMILES string of the molecule is Cc1cccc(N2C(=O)C(SCCO)=C(c3cccs3)C2=O)c1C. The summed E-state index contributed by atoms with van der Waals surface area (Å²) in [5.41, 5.74) is 3.01. The number of rotatable bonds is 5. The van der Waals surface area contributed by atoms with E-state index >= 15 is 0 Å². The molecular weight excluding hydrogens is 342 g/mol. The molecule has 0 fully saturated rings. The summed E-state index contributed by atoms with van der Waals surface area (Å²) in [6.45, 7) is 3.82. The molecule has 1 aliphatic heterocycles. The molecule has 0 atom stereocenters. The normalized spacial score (nSPS) is 14.9. The van der Waals surface area contributed by atoms with Gasteiger partial charge in [-0.2, -0.15) is 0 Å². The van der Waals surface area contributed by atoms with E-state index in [1.54, 1.807) is 6.07 Å². The minimum Gasteiger partial charge on any atom is -0.396 e. The molecule has 2 aromatic rings. The fourth-order valence-corrected chi connectivity index (χ4v) is 4.31. The Bertz CT molecular complexity index is 825. The Morgan fingerprint density at radius 3 is 2.58 bits per heavy atom. The molecule has 0 saturated heterocycles. The van der Waals surface area contributed by atoms with Crippen molar-refractivity contribution in [2.24, 2.45) is 0 Å². The van der Waals surface area contributed by atoms with Gasteiger partial charge in [0.25, 0.3) is 11.8 Å². The zero-order valence-electron chi connectivity index (χ0n) is 13.4. The first-order valence-corrected chi connectivity index (χ1v) is 9.39. The van der Waals surface area contributed by atoms with Gasteiger partial charge in [-0.3, -0.25) is 9.59 Å². The Morgan fingerprint density at radius 1 is 1.12 bits per heavy atom. The van der Waals surface area contributed by atoms with Crippen molar-refractivity contribution < 1.29 is 14.7 Å². The fourth-order valence-electron chi connectivity index (χ4n) is 2.63. The Kier molecular flexibility index (Phi) is 4.89. The van der Waals surface area contributed by atoms with Crippen molar-refractivity contribution in [1.82, 2.24) is 0 Å². The maximum Gasteiger partial charge on any atom is 0.272 e. The minimum atomic E-state index is -0.310. The van der Waals surface area contributed by atoms with Crippen LogP contribution in [0.4, 0.5) is 5.69 Å². The summed E-state index contributed by atoms with van der Waals surface area (Å²) in [7, 11) is 0. The number of aliphatic hydroxyl groups excluding tert-OH is 1. The number of carbonyl (C=O) groups is 2. The highest BCUT2D eigenvalue weighted by molar-refractivity contribution is 8.04. The lowest BCUT2D eigenvalue weighted by Crippen LogP contribution is -2.32. The van der Waals surface area contributed by atoms with E-state index in [2.05, 4.69) is 0 Å². The molecule has 6 heteroatoms. The summed E-state index contributed by atoms with van der Waals surface area (Å²) in [6.07, 6.45) is 0. The van der Waals surface area contributed by atoms with E-state index in [0.717, 1.165) is 16.0 Å². The molecule has 0 spiro atoms. The molecule has 0 radical (unpaired) electrons. The van der Waals surface area contributed by atoms with Gasteiger partial charge in [0.05, 0.1) is 22.8 Å². The maximum absolute atomic E-state index is 13.0. The number of thioether (sulfide) groups is 1. The molecular formula is C18H17NO3S2. The fraction of sp³-hybridized carbons (Fsp3) is 0.222. The molecule has 0 aliphatic carbocycles. The number of hydrogen-bond donors (Lipinski definition) is 1. The van der Waals surface area contributed by atoms with Crippen LogP contribution in [0.2, 0.25) is 0 Å². The molecule has 0 bridgehead atoms. The van der Waals surface area contributed by atoms with Crippen LogP contribution in [0.3, 0.4) is 0 Å². The number of thiophene rings is 1. The van der Waals surface area contributed by atoms with E-state index in [9.17, 15) is 9.59 Å². The van der Waals surface area contributed by atoms with E-state index in [1.807, 2.05) is 43.5 Å². The van der Waals surface area contributed by atoms with E-state index in [4.69, 9.17) is 5.11 Å². The highest BCUT2D eigenvalue weighted by Gasteiger charge is 2.41. The first-order chi connectivity index (χ1) is 11.6. The summed E-state index contributed by atoms with van der Waals surface area (Å²) >= 11 is 2.67. The molecule has 1 aromatic carbocycles. The number of benzene rings is 1. The van der Waals surface area contributed by atoms with Crippen molar-refractivity contribution in [1.29, 1.82) is 0 Å². The minimum absolute atomic E-state index is 0.0448. The largest absolute Gasteiger partial charge is 0.396 e. The van der Waals surface area contributed by atoms with Crippen molar-refractivity contribution in [3.8, 4) is 0 Å². The predicted molar refractivity (Wildman–Crippen MR) is 99.2 cm³/mol. The van der Waals surface area contributed by atoms with Gasteiger partial charge in [-0.15, -0.1) is 23.1 Å². The number of aliphatic hydroxyl groups is 1. The van der Waals surface area contributed by atoms with Crippen LogP contribution >= 0.6 is 23.1 Å². The molecule has 3 rings (SSSR count). The van der Waals surface area contributed by atoms with Crippen LogP contribution in [0.5, 0.6) is 0 Å².